The number of hydrazine groups is 1. The van der Waals surface area contributed by atoms with Crippen LogP contribution in [0.3, 0.4) is 0 Å². The van der Waals surface area contributed by atoms with E-state index in [1.54, 1.807) is 12.3 Å². The lowest BCUT2D eigenvalue weighted by atomic mass is 9.72. The van der Waals surface area contributed by atoms with Crippen molar-refractivity contribution in [1.29, 1.82) is 0 Å². The molecule has 3 heterocycles. The summed E-state index contributed by atoms with van der Waals surface area (Å²) in [6, 6.07) is 4.46. The van der Waals surface area contributed by atoms with Crippen LogP contribution >= 0.6 is 22.9 Å². The molecule has 2 aliphatic rings. The van der Waals surface area contributed by atoms with E-state index in [-0.39, 0.29) is 17.1 Å². The molecule has 1 aromatic heterocycles. The second kappa shape index (κ2) is 8.48. The number of amidine groups is 1. The van der Waals surface area contributed by atoms with Gasteiger partial charge < -0.3 is 20.6 Å². The van der Waals surface area contributed by atoms with Crippen molar-refractivity contribution in [2.24, 2.45) is 22.1 Å². The van der Waals surface area contributed by atoms with Gasteiger partial charge in [-0.3, -0.25) is 4.79 Å². The van der Waals surface area contributed by atoms with Crippen molar-refractivity contribution in [3.63, 3.8) is 0 Å². The van der Waals surface area contributed by atoms with Crippen molar-refractivity contribution in [2.75, 3.05) is 42.5 Å². The number of nitrogens with zero attached hydrogens (tertiary/aromatic N) is 5. The molecule has 2 fully saturated rings. The van der Waals surface area contributed by atoms with Crippen molar-refractivity contribution < 1.29 is 14.3 Å². The topological polar surface area (TPSA) is 124 Å². The zero-order valence-electron chi connectivity index (χ0n) is 16.7. The van der Waals surface area contributed by atoms with Crippen LogP contribution in [0.4, 0.5) is 15.2 Å². The Labute approximate surface area is 187 Å². The van der Waals surface area contributed by atoms with Gasteiger partial charge in [-0.15, -0.1) is 5.10 Å². The molecule has 0 bridgehead atoms. The van der Waals surface area contributed by atoms with E-state index >= 15 is 0 Å². The number of benzene rings is 1. The lowest BCUT2D eigenvalue weighted by molar-refractivity contribution is -0.138. The maximum Gasteiger partial charge on any atom is 0.326 e. The summed E-state index contributed by atoms with van der Waals surface area (Å²) in [5.74, 6) is 4.26. The highest BCUT2D eigenvalue weighted by atomic mass is 35.5. The van der Waals surface area contributed by atoms with Gasteiger partial charge in [-0.2, -0.15) is 0 Å². The van der Waals surface area contributed by atoms with E-state index in [9.17, 15) is 9.18 Å². The van der Waals surface area contributed by atoms with E-state index < -0.39 is 12.5 Å². The molecule has 1 aromatic carbocycles. The van der Waals surface area contributed by atoms with Gasteiger partial charge in [0.2, 0.25) is 0 Å². The zero-order chi connectivity index (χ0) is 22.2. The average Bonchev–Trinajstić information content (AvgIpc) is 3.18. The highest BCUT2D eigenvalue weighted by Gasteiger charge is 2.45. The Morgan fingerprint density at radius 2 is 2.06 bits per heavy atom. The van der Waals surface area contributed by atoms with Crippen LogP contribution in [0.1, 0.15) is 17.7 Å². The monoisotopic (exact) mass is 467 g/mol. The third kappa shape index (κ3) is 4.68. The van der Waals surface area contributed by atoms with Crippen LogP contribution in [-0.4, -0.2) is 59.7 Å². The number of halogens is 2. The molecule has 0 radical (unpaired) electrons. The van der Waals surface area contributed by atoms with E-state index in [2.05, 4.69) is 19.9 Å². The van der Waals surface area contributed by atoms with Crippen LogP contribution in [0.2, 0.25) is 5.02 Å². The molecule has 0 unspecified atom stereocenters. The first-order valence-corrected chi connectivity index (χ1v) is 10.9. The van der Waals surface area contributed by atoms with Gasteiger partial charge in [0.05, 0.1) is 21.8 Å². The highest BCUT2D eigenvalue weighted by molar-refractivity contribution is 7.17. The molecule has 2 saturated heterocycles. The Balaban J connectivity index is 1.33. The number of carboxylic acid groups (broad SMARTS) is 1. The quantitative estimate of drug-likeness (QED) is 0.255. The largest absolute Gasteiger partial charge is 0.480 e. The van der Waals surface area contributed by atoms with E-state index in [0.717, 1.165) is 55.0 Å². The average molecular weight is 468 g/mol. The van der Waals surface area contributed by atoms with Crippen LogP contribution in [0, 0.1) is 11.2 Å². The van der Waals surface area contributed by atoms with Gasteiger partial charge in [0, 0.05) is 31.6 Å². The number of nitrogens with two attached hydrogens (primary N) is 2. The number of thiazole rings is 1. The number of carbonyl (C=O) groups is 1. The van der Waals surface area contributed by atoms with Crippen molar-refractivity contribution >= 4 is 45.6 Å². The molecule has 1 spiro atoms. The summed E-state index contributed by atoms with van der Waals surface area (Å²) >= 11 is 7.63. The van der Waals surface area contributed by atoms with Gasteiger partial charge in [-0.1, -0.05) is 22.9 Å². The van der Waals surface area contributed by atoms with Crippen LogP contribution in [0.25, 0.3) is 0 Å². The van der Waals surface area contributed by atoms with Crippen LogP contribution in [0.15, 0.2) is 29.5 Å². The smallest absolute Gasteiger partial charge is 0.326 e. The van der Waals surface area contributed by atoms with Crippen molar-refractivity contribution in [3.05, 3.63) is 40.1 Å². The summed E-state index contributed by atoms with van der Waals surface area (Å²) in [4.78, 5) is 20.1. The number of hydrazone groups is 1. The van der Waals surface area contributed by atoms with Gasteiger partial charge in [0.1, 0.15) is 5.82 Å². The maximum absolute atomic E-state index is 13.6. The number of hydrogen-bond donors (Lipinski definition) is 3. The Hall–Kier alpha value is -2.63. The minimum Gasteiger partial charge on any atom is -0.480 e. The molecule has 0 aliphatic carbocycles. The summed E-state index contributed by atoms with van der Waals surface area (Å²) in [6.07, 6.45) is 3.63. The van der Waals surface area contributed by atoms with Crippen LogP contribution in [0.5, 0.6) is 0 Å². The second-order valence-corrected chi connectivity index (χ2v) is 9.34. The number of anilines is 2. The molecule has 2 aliphatic heterocycles. The molecule has 0 amide bonds. The first-order valence-electron chi connectivity index (χ1n) is 9.74. The Bertz CT molecular complexity index is 1000. The highest BCUT2D eigenvalue weighted by Crippen LogP contribution is 2.45. The van der Waals surface area contributed by atoms with Crippen LogP contribution < -0.4 is 21.4 Å². The molecular weight excluding hydrogens is 445 g/mol. The SMILES string of the molecule is N/C(=N\N(N)CC(=O)O)c1cnc(N2CCC3(CC2)CN(c2cc(F)ccc2Cl)C3)s1. The minimum absolute atomic E-state index is 0.127. The summed E-state index contributed by atoms with van der Waals surface area (Å²) < 4.78 is 13.6. The summed E-state index contributed by atoms with van der Waals surface area (Å²) in [7, 11) is 0. The molecule has 31 heavy (non-hydrogen) atoms. The van der Waals surface area contributed by atoms with Crippen molar-refractivity contribution in [3.8, 4) is 0 Å². The third-order valence-electron chi connectivity index (χ3n) is 5.68. The van der Waals surface area contributed by atoms with Crippen LogP contribution in [-0.2, 0) is 4.79 Å². The molecule has 5 N–H and O–H groups in total. The Morgan fingerprint density at radius 3 is 2.74 bits per heavy atom. The number of piperidine rings is 1. The van der Waals surface area contributed by atoms with E-state index in [4.69, 9.17) is 28.3 Å². The molecule has 12 heteroatoms. The Kier molecular flexibility index (Phi) is 5.91. The van der Waals surface area contributed by atoms with Gasteiger partial charge in [0.15, 0.2) is 17.5 Å². The molecule has 4 rings (SSSR count). The van der Waals surface area contributed by atoms with Gasteiger partial charge >= 0.3 is 5.97 Å². The number of aromatic nitrogens is 1. The number of carboxylic acids is 1. The zero-order valence-corrected chi connectivity index (χ0v) is 18.2. The van der Waals surface area contributed by atoms with E-state index in [1.165, 1.54) is 23.5 Å². The Morgan fingerprint density at radius 1 is 1.35 bits per heavy atom. The molecule has 2 aromatic rings. The fourth-order valence-corrected chi connectivity index (χ4v) is 5.14. The number of rotatable bonds is 6. The lowest BCUT2D eigenvalue weighted by Gasteiger charge is -2.55. The number of hydrogen-bond acceptors (Lipinski definition) is 8. The third-order valence-corrected chi connectivity index (χ3v) is 7.08. The maximum atomic E-state index is 13.6. The minimum atomic E-state index is -1.10. The van der Waals surface area contributed by atoms with E-state index in [0.29, 0.717) is 9.90 Å². The van der Waals surface area contributed by atoms with Gasteiger partial charge in [-0.05, 0) is 31.0 Å². The molecule has 0 saturated carbocycles. The molecular formula is C19H23ClFN7O2S. The standard InChI is InChI=1S/C19H23ClFN7O2S/c20-13-2-1-12(21)7-14(13)27-10-19(11-27)3-5-26(6-4-19)18-24-8-15(31-18)17(22)25-28(23)9-16(29)30/h1-2,7-8H,3-6,9-11,23H2,(H2,22,25)(H,29,30). The first-order chi connectivity index (χ1) is 14.7. The van der Waals surface area contributed by atoms with Crippen molar-refractivity contribution in [1.82, 2.24) is 10.1 Å². The molecule has 0 atom stereocenters. The second-order valence-electron chi connectivity index (χ2n) is 7.92. The summed E-state index contributed by atoms with van der Waals surface area (Å²) in [5, 5.41) is 14.8. The lowest BCUT2D eigenvalue weighted by Crippen LogP contribution is -2.60. The van der Waals surface area contributed by atoms with Crippen molar-refractivity contribution in [2.45, 2.75) is 12.8 Å². The summed E-state index contributed by atoms with van der Waals surface area (Å²) in [6.45, 7) is 3.00. The fraction of sp³-hybridized carbons (Fsp3) is 0.421. The van der Waals surface area contributed by atoms with Gasteiger partial charge in [-0.25, -0.2) is 20.3 Å². The normalized spacial score (nSPS) is 18.2. The predicted molar refractivity (Wildman–Crippen MR) is 119 cm³/mol. The van der Waals surface area contributed by atoms with Gasteiger partial charge in [0.25, 0.3) is 0 Å². The predicted octanol–water partition coefficient (Wildman–Crippen LogP) is 1.92. The first kappa shape index (κ1) is 21.6. The molecule has 9 nitrogen and oxygen atoms in total. The molecule has 166 valence electrons. The summed E-state index contributed by atoms with van der Waals surface area (Å²) in [5.41, 5.74) is 6.89. The fourth-order valence-electron chi connectivity index (χ4n) is 4.04. The number of aliphatic carboxylic acids is 1. The van der Waals surface area contributed by atoms with E-state index in [1.807, 2.05) is 0 Å².